The topological polar surface area (TPSA) is 44.4 Å². The fraction of sp³-hybridized carbons (Fsp3) is 0.417. The number of carbonyl (C=O) groups excluding carboxylic acids is 1. The van der Waals surface area contributed by atoms with Crippen LogP contribution in [-0.2, 0) is 0 Å². The summed E-state index contributed by atoms with van der Waals surface area (Å²) in [6.07, 6.45) is 0. The van der Waals surface area contributed by atoms with Gasteiger partial charge in [0, 0.05) is 36.4 Å². The molecule has 5 heteroatoms. The van der Waals surface area contributed by atoms with Gasteiger partial charge in [0.15, 0.2) is 0 Å². The zero-order valence-corrected chi connectivity index (χ0v) is 10.5. The van der Waals surface area contributed by atoms with Gasteiger partial charge < -0.3 is 15.5 Å². The minimum absolute atomic E-state index is 0.0689. The molecule has 1 atom stereocenters. The summed E-state index contributed by atoms with van der Waals surface area (Å²) < 4.78 is 0. The molecule has 0 bridgehead atoms. The largest absolute Gasteiger partial charge is 0.322 e. The second-order valence-corrected chi connectivity index (χ2v) is 4.68. The van der Waals surface area contributed by atoms with E-state index in [1.54, 1.807) is 12.1 Å². The third-order valence-electron chi connectivity index (χ3n) is 2.73. The molecule has 2 amide bonds. The molecule has 17 heavy (non-hydrogen) atoms. The highest BCUT2D eigenvalue weighted by Gasteiger charge is 2.20. The molecule has 0 aromatic heterocycles. The summed E-state index contributed by atoms with van der Waals surface area (Å²) in [4.78, 5) is 13.8. The molecule has 0 unspecified atom stereocenters. The van der Waals surface area contributed by atoms with Crippen LogP contribution in [0.3, 0.4) is 0 Å². The van der Waals surface area contributed by atoms with Crippen LogP contribution in [-0.4, -0.2) is 36.6 Å². The Hall–Kier alpha value is -1.26. The van der Waals surface area contributed by atoms with Crippen molar-refractivity contribution >= 4 is 23.3 Å². The maximum absolute atomic E-state index is 12.0. The molecule has 4 nitrogen and oxygen atoms in total. The zero-order valence-electron chi connectivity index (χ0n) is 9.74. The fourth-order valence-electron chi connectivity index (χ4n) is 1.89. The van der Waals surface area contributed by atoms with Gasteiger partial charge in [-0.3, -0.25) is 0 Å². The highest BCUT2D eigenvalue weighted by molar-refractivity contribution is 6.30. The first-order valence-corrected chi connectivity index (χ1v) is 6.08. The number of nitrogens with one attached hydrogen (secondary N) is 2. The van der Waals surface area contributed by atoms with E-state index in [-0.39, 0.29) is 6.03 Å². The maximum atomic E-state index is 12.0. The summed E-state index contributed by atoms with van der Waals surface area (Å²) in [6.45, 7) is 4.37. The Morgan fingerprint density at radius 1 is 1.59 bits per heavy atom. The number of nitrogens with zero attached hydrogens (tertiary/aromatic N) is 1. The molecule has 92 valence electrons. The molecular weight excluding hydrogens is 238 g/mol. The molecule has 1 aromatic carbocycles. The summed E-state index contributed by atoms with van der Waals surface area (Å²) >= 11 is 5.86. The average Bonchev–Trinajstić information content (AvgIpc) is 2.29. The van der Waals surface area contributed by atoms with Crippen LogP contribution in [0.1, 0.15) is 6.92 Å². The standard InChI is InChI=1S/C12H16ClN3O/c1-9-8-16(6-5-14-9)12(17)15-11-4-2-3-10(13)7-11/h2-4,7,9,14H,5-6,8H2,1H3,(H,15,17)/t9-/m0/s1. The number of piperazine rings is 1. The van der Waals surface area contributed by atoms with Gasteiger partial charge in [-0.15, -0.1) is 0 Å². The number of amides is 2. The molecule has 1 aliphatic heterocycles. The predicted octanol–water partition coefficient (Wildman–Crippen LogP) is 2.17. The van der Waals surface area contributed by atoms with Gasteiger partial charge >= 0.3 is 6.03 Å². The summed E-state index contributed by atoms with van der Waals surface area (Å²) in [7, 11) is 0. The Kier molecular flexibility index (Phi) is 3.86. The van der Waals surface area contributed by atoms with Crippen LogP contribution in [0.25, 0.3) is 0 Å². The van der Waals surface area contributed by atoms with Gasteiger partial charge in [-0.25, -0.2) is 4.79 Å². The van der Waals surface area contributed by atoms with E-state index in [4.69, 9.17) is 11.6 Å². The molecule has 0 saturated carbocycles. The first-order valence-electron chi connectivity index (χ1n) is 5.70. The molecule has 1 aromatic rings. The van der Waals surface area contributed by atoms with Crippen LogP contribution in [0.4, 0.5) is 10.5 Å². The van der Waals surface area contributed by atoms with Crippen molar-refractivity contribution in [2.75, 3.05) is 25.0 Å². The van der Waals surface area contributed by atoms with Crippen molar-refractivity contribution in [2.45, 2.75) is 13.0 Å². The quantitative estimate of drug-likeness (QED) is 0.806. The highest BCUT2D eigenvalue weighted by Crippen LogP contribution is 2.15. The fourth-order valence-corrected chi connectivity index (χ4v) is 2.08. The number of benzene rings is 1. The highest BCUT2D eigenvalue weighted by atomic mass is 35.5. The van der Waals surface area contributed by atoms with E-state index in [2.05, 4.69) is 17.6 Å². The van der Waals surface area contributed by atoms with Crippen LogP contribution in [0.5, 0.6) is 0 Å². The van der Waals surface area contributed by atoms with Gasteiger partial charge in [0.2, 0.25) is 0 Å². The Bertz CT molecular complexity index is 410. The Labute approximate surface area is 106 Å². The molecule has 1 heterocycles. The summed E-state index contributed by atoms with van der Waals surface area (Å²) in [5.41, 5.74) is 0.730. The second kappa shape index (κ2) is 5.38. The van der Waals surface area contributed by atoms with Gasteiger partial charge in [0.25, 0.3) is 0 Å². The minimum Gasteiger partial charge on any atom is -0.322 e. The van der Waals surface area contributed by atoms with Gasteiger partial charge in [-0.2, -0.15) is 0 Å². The van der Waals surface area contributed by atoms with E-state index in [0.717, 1.165) is 25.3 Å². The van der Waals surface area contributed by atoms with Crippen LogP contribution in [0.2, 0.25) is 5.02 Å². The first kappa shape index (κ1) is 12.2. The maximum Gasteiger partial charge on any atom is 0.321 e. The summed E-state index contributed by atoms with van der Waals surface area (Å²) in [5, 5.41) is 6.77. The number of carbonyl (C=O) groups is 1. The second-order valence-electron chi connectivity index (χ2n) is 4.24. The van der Waals surface area contributed by atoms with E-state index < -0.39 is 0 Å². The molecule has 1 aliphatic rings. The van der Waals surface area contributed by atoms with Gasteiger partial charge in [0.1, 0.15) is 0 Å². The minimum atomic E-state index is -0.0689. The summed E-state index contributed by atoms with van der Waals surface area (Å²) in [6, 6.07) is 7.44. The SMILES string of the molecule is C[C@H]1CN(C(=O)Nc2cccc(Cl)c2)CCN1. The number of anilines is 1. The first-order chi connectivity index (χ1) is 8.15. The normalized spacial score (nSPS) is 20.1. The Morgan fingerprint density at radius 3 is 3.12 bits per heavy atom. The lowest BCUT2D eigenvalue weighted by molar-refractivity contribution is 0.192. The Balaban J connectivity index is 1.96. The van der Waals surface area contributed by atoms with Crippen molar-refractivity contribution in [1.82, 2.24) is 10.2 Å². The number of urea groups is 1. The molecule has 1 fully saturated rings. The molecular formula is C12H16ClN3O. The van der Waals surface area contributed by atoms with Crippen LogP contribution < -0.4 is 10.6 Å². The smallest absolute Gasteiger partial charge is 0.321 e. The van der Waals surface area contributed by atoms with Crippen LogP contribution >= 0.6 is 11.6 Å². The van der Waals surface area contributed by atoms with E-state index in [9.17, 15) is 4.79 Å². The average molecular weight is 254 g/mol. The van der Waals surface area contributed by atoms with Crippen molar-refractivity contribution in [3.05, 3.63) is 29.3 Å². The summed E-state index contributed by atoms with van der Waals surface area (Å²) in [5.74, 6) is 0. The van der Waals surface area contributed by atoms with Gasteiger partial charge in [0.05, 0.1) is 0 Å². The molecule has 1 saturated heterocycles. The third-order valence-corrected chi connectivity index (χ3v) is 2.97. The van der Waals surface area contributed by atoms with E-state index in [1.807, 2.05) is 17.0 Å². The van der Waals surface area contributed by atoms with E-state index in [1.165, 1.54) is 0 Å². The lowest BCUT2D eigenvalue weighted by atomic mass is 10.2. The van der Waals surface area contributed by atoms with Gasteiger partial charge in [-0.05, 0) is 25.1 Å². The molecule has 0 aliphatic carbocycles. The van der Waals surface area contributed by atoms with Crippen LogP contribution in [0.15, 0.2) is 24.3 Å². The molecule has 0 spiro atoms. The van der Waals surface area contributed by atoms with E-state index >= 15 is 0 Å². The van der Waals surface area contributed by atoms with Crippen molar-refractivity contribution in [1.29, 1.82) is 0 Å². The zero-order chi connectivity index (χ0) is 12.3. The monoisotopic (exact) mass is 253 g/mol. The van der Waals surface area contributed by atoms with Crippen molar-refractivity contribution < 1.29 is 4.79 Å². The number of halogens is 1. The number of hydrogen-bond acceptors (Lipinski definition) is 2. The lowest BCUT2D eigenvalue weighted by Gasteiger charge is -2.31. The lowest BCUT2D eigenvalue weighted by Crippen LogP contribution is -2.52. The molecule has 0 radical (unpaired) electrons. The molecule has 2 rings (SSSR count). The van der Waals surface area contributed by atoms with Gasteiger partial charge in [-0.1, -0.05) is 17.7 Å². The van der Waals surface area contributed by atoms with Crippen molar-refractivity contribution in [3.8, 4) is 0 Å². The number of rotatable bonds is 1. The molecule has 2 N–H and O–H groups in total. The van der Waals surface area contributed by atoms with Crippen LogP contribution in [0, 0.1) is 0 Å². The predicted molar refractivity (Wildman–Crippen MR) is 69.5 cm³/mol. The van der Waals surface area contributed by atoms with Crippen molar-refractivity contribution in [3.63, 3.8) is 0 Å². The van der Waals surface area contributed by atoms with Crippen molar-refractivity contribution in [2.24, 2.45) is 0 Å². The van der Waals surface area contributed by atoms with E-state index in [0.29, 0.717) is 11.1 Å². The Morgan fingerprint density at radius 2 is 2.41 bits per heavy atom. The third kappa shape index (κ3) is 3.35. The number of hydrogen-bond donors (Lipinski definition) is 2.